The fraction of sp³-hybridized carbons (Fsp3) is 0.571. The van der Waals surface area contributed by atoms with Gasteiger partial charge in [0.2, 0.25) is 0 Å². The van der Waals surface area contributed by atoms with Crippen molar-refractivity contribution in [3.63, 3.8) is 0 Å². The largest absolute Gasteiger partial charge is 0.480 e. The van der Waals surface area contributed by atoms with Crippen LogP contribution in [0.5, 0.6) is 0 Å². The van der Waals surface area contributed by atoms with Crippen LogP contribution < -0.4 is 10.6 Å². The number of thiophene rings is 1. The third-order valence-corrected chi connectivity index (χ3v) is 4.17. The number of carbonyl (C=O) groups excluding carboxylic acids is 1. The summed E-state index contributed by atoms with van der Waals surface area (Å²) >= 11 is 1.66. The first kappa shape index (κ1) is 16.5. The van der Waals surface area contributed by atoms with Crippen LogP contribution in [0, 0.1) is 0 Å². The summed E-state index contributed by atoms with van der Waals surface area (Å²) < 4.78 is 0. The number of amides is 2. The first-order valence-electron chi connectivity index (χ1n) is 6.91. The van der Waals surface area contributed by atoms with Crippen molar-refractivity contribution in [2.75, 3.05) is 0 Å². The van der Waals surface area contributed by atoms with E-state index in [1.165, 1.54) is 4.88 Å². The maximum Gasteiger partial charge on any atom is 0.326 e. The van der Waals surface area contributed by atoms with Crippen molar-refractivity contribution in [2.45, 2.75) is 52.1 Å². The molecule has 0 aliphatic rings. The lowest BCUT2D eigenvalue weighted by Gasteiger charge is -2.14. The number of aryl methyl sites for hydroxylation is 1. The van der Waals surface area contributed by atoms with Gasteiger partial charge in [-0.25, -0.2) is 9.59 Å². The highest BCUT2D eigenvalue weighted by Crippen LogP contribution is 2.16. The second-order valence-corrected chi connectivity index (χ2v) is 5.83. The van der Waals surface area contributed by atoms with Gasteiger partial charge in [-0.1, -0.05) is 26.7 Å². The molecule has 1 aromatic heterocycles. The van der Waals surface area contributed by atoms with Crippen molar-refractivity contribution in [3.8, 4) is 0 Å². The number of carboxylic acid groups (broad SMARTS) is 1. The van der Waals surface area contributed by atoms with Crippen molar-refractivity contribution in [2.24, 2.45) is 0 Å². The summed E-state index contributed by atoms with van der Waals surface area (Å²) in [5, 5.41) is 14.2. The van der Waals surface area contributed by atoms with Crippen LogP contribution in [0.2, 0.25) is 0 Å². The SMILES string of the molecule is CCCCC(NC(=O)NCc1ccc(CC)s1)C(=O)O. The lowest BCUT2D eigenvalue weighted by molar-refractivity contribution is -0.139. The first-order valence-corrected chi connectivity index (χ1v) is 7.73. The number of carbonyl (C=O) groups is 2. The van der Waals surface area contributed by atoms with Crippen LogP contribution in [0.4, 0.5) is 4.79 Å². The van der Waals surface area contributed by atoms with E-state index in [-0.39, 0.29) is 0 Å². The topological polar surface area (TPSA) is 78.4 Å². The number of hydrogen-bond acceptors (Lipinski definition) is 3. The minimum absolute atomic E-state index is 0.427. The van der Waals surface area contributed by atoms with Crippen molar-refractivity contribution >= 4 is 23.3 Å². The Kier molecular flexibility index (Phi) is 7.08. The number of urea groups is 1. The second kappa shape index (κ2) is 8.58. The van der Waals surface area contributed by atoms with Gasteiger partial charge in [0.25, 0.3) is 0 Å². The average Bonchev–Trinajstić information content (AvgIpc) is 2.88. The molecule has 0 radical (unpaired) electrons. The quantitative estimate of drug-likeness (QED) is 0.690. The van der Waals surface area contributed by atoms with E-state index < -0.39 is 18.0 Å². The Morgan fingerprint density at radius 2 is 2.00 bits per heavy atom. The Labute approximate surface area is 123 Å². The third-order valence-electron chi connectivity index (χ3n) is 2.94. The molecule has 1 unspecified atom stereocenters. The number of nitrogens with one attached hydrogen (secondary N) is 2. The van der Waals surface area contributed by atoms with Gasteiger partial charge in [0.05, 0.1) is 6.54 Å². The zero-order valence-corrected chi connectivity index (χ0v) is 12.8. The molecule has 0 fully saturated rings. The van der Waals surface area contributed by atoms with Crippen LogP contribution in [0.3, 0.4) is 0 Å². The van der Waals surface area contributed by atoms with Crippen LogP contribution >= 0.6 is 11.3 Å². The number of rotatable bonds is 8. The summed E-state index contributed by atoms with van der Waals surface area (Å²) in [4.78, 5) is 25.0. The molecule has 1 rings (SSSR count). The normalized spacial score (nSPS) is 11.9. The van der Waals surface area contributed by atoms with E-state index >= 15 is 0 Å². The van der Waals surface area contributed by atoms with E-state index in [9.17, 15) is 9.59 Å². The summed E-state index contributed by atoms with van der Waals surface area (Å²) in [7, 11) is 0. The second-order valence-electron chi connectivity index (χ2n) is 4.58. The van der Waals surface area contributed by atoms with Crippen LogP contribution in [0.1, 0.15) is 42.9 Å². The van der Waals surface area contributed by atoms with Gasteiger partial charge in [0, 0.05) is 9.75 Å². The van der Waals surface area contributed by atoms with E-state index in [0.29, 0.717) is 13.0 Å². The Bertz CT molecular complexity index is 445. The highest BCUT2D eigenvalue weighted by molar-refractivity contribution is 7.11. The molecular weight excluding hydrogens is 276 g/mol. The minimum atomic E-state index is -0.988. The van der Waals surface area contributed by atoms with E-state index in [1.54, 1.807) is 11.3 Å². The lowest BCUT2D eigenvalue weighted by Crippen LogP contribution is -2.45. The van der Waals surface area contributed by atoms with Crippen LogP contribution in [0.25, 0.3) is 0 Å². The van der Waals surface area contributed by atoms with E-state index in [2.05, 4.69) is 17.6 Å². The average molecular weight is 298 g/mol. The molecule has 20 heavy (non-hydrogen) atoms. The molecule has 1 aromatic rings. The predicted octanol–water partition coefficient (Wildman–Crippen LogP) is 2.75. The molecule has 3 N–H and O–H groups in total. The molecule has 0 saturated heterocycles. The van der Waals surface area contributed by atoms with Gasteiger partial charge in [-0.3, -0.25) is 0 Å². The Morgan fingerprint density at radius 1 is 1.30 bits per heavy atom. The number of unbranched alkanes of at least 4 members (excludes halogenated alkanes) is 1. The number of hydrogen-bond donors (Lipinski definition) is 3. The van der Waals surface area contributed by atoms with Crippen molar-refractivity contribution in [1.29, 1.82) is 0 Å². The minimum Gasteiger partial charge on any atom is -0.480 e. The summed E-state index contributed by atoms with van der Waals surface area (Å²) in [6.45, 7) is 4.50. The number of aliphatic carboxylic acids is 1. The van der Waals surface area contributed by atoms with Crippen LogP contribution in [-0.4, -0.2) is 23.1 Å². The fourth-order valence-corrected chi connectivity index (χ4v) is 2.65. The zero-order chi connectivity index (χ0) is 15.0. The molecule has 0 saturated carbocycles. The molecule has 112 valence electrons. The maximum atomic E-state index is 11.7. The summed E-state index contributed by atoms with van der Waals surface area (Å²) in [6.07, 6.45) is 3.12. The van der Waals surface area contributed by atoms with Crippen molar-refractivity contribution in [3.05, 3.63) is 21.9 Å². The zero-order valence-electron chi connectivity index (χ0n) is 11.9. The molecule has 0 bridgehead atoms. The molecule has 6 heteroatoms. The maximum absolute atomic E-state index is 11.7. The van der Waals surface area contributed by atoms with E-state index in [4.69, 9.17) is 5.11 Å². The molecule has 1 atom stereocenters. The number of carboxylic acids is 1. The predicted molar refractivity (Wildman–Crippen MR) is 80.0 cm³/mol. The Balaban J connectivity index is 2.39. The molecule has 5 nitrogen and oxygen atoms in total. The summed E-state index contributed by atoms with van der Waals surface area (Å²) in [6, 6.07) is 2.78. The smallest absolute Gasteiger partial charge is 0.326 e. The van der Waals surface area contributed by atoms with Gasteiger partial charge in [0.15, 0.2) is 0 Å². The summed E-state index contributed by atoms with van der Waals surface area (Å²) in [5.74, 6) is -0.988. The van der Waals surface area contributed by atoms with Crippen LogP contribution in [-0.2, 0) is 17.8 Å². The molecule has 0 aromatic carbocycles. The van der Waals surface area contributed by atoms with E-state index in [1.807, 2.05) is 19.1 Å². The standard InChI is InChI=1S/C14H22N2O3S/c1-3-5-6-12(13(17)18)16-14(19)15-9-11-8-7-10(4-2)20-11/h7-8,12H,3-6,9H2,1-2H3,(H,17,18)(H2,15,16,19). The first-order chi connectivity index (χ1) is 9.56. The van der Waals surface area contributed by atoms with Gasteiger partial charge in [-0.05, 0) is 25.0 Å². The summed E-state index contributed by atoms with van der Waals surface area (Å²) in [5.41, 5.74) is 0. The third kappa shape index (κ3) is 5.61. The van der Waals surface area contributed by atoms with Crippen LogP contribution in [0.15, 0.2) is 12.1 Å². The van der Waals surface area contributed by atoms with Gasteiger partial charge < -0.3 is 15.7 Å². The monoisotopic (exact) mass is 298 g/mol. The fourth-order valence-electron chi connectivity index (χ4n) is 1.75. The Hall–Kier alpha value is -1.56. The highest BCUT2D eigenvalue weighted by Gasteiger charge is 2.18. The molecule has 0 aliphatic heterocycles. The van der Waals surface area contributed by atoms with Gasteiger partial charge in [-0.2, -0.15) is 0 Å². The van der Waals surface area contributed by atoms with E-state index in [0.717, 1.165) is 24.1 Å². The molecule has 2 amide bonds. The van der Waals surface area contributed by atoms with Gasteiger partial charge in [-0.15, -0.1) is 11.3 Å². The van der Waals surface area contributed by atoms with Gasteiger partial charge in [0.1, 0.15) is 6.04 Å². The molecular formula is C14H22N2O3S. The Morgan fingerprint density at radius 3 is 2.55 bits per heavy atom. The van der Waals surface area contributed by atoms with Crippen molar-refractivity contribution in [1.82, 2.24) is 10.6 Å². The van der Waals surface area contributed by atoms with Crippen molar-refractivity contribution < 1.29 is 14.7 Å². The van der Waals surface area contributed by atoms with Gasteiger partial charge >= 0.3 is 12.0 Å². The molecule has 0 aliphatic carbocycles. The lowest BCUT2D eigenvalue weighted by atomic mass is 10.1. The molecule has 1 heterocycles. The molecule has 0 spiro atoms. The highest BCUT2D eigenvalue weighted by atomic mass is 32.1.